The first-order valence-electron chi connectivity index (χ1n) is 8.19. The maximum Gasteiger partial charge on any atom is 0.227 e. The number of benzene rings is 2. The van der Waals surface area contributed by atoms with Gasteiger partial charge in [0.2, 0.25) is 5.91 Å². The summed E-state index contributed by atoms with van der Waals surface area (Å²) in [5.74, 6) is 0.621. The summed E-state index contributed by atoms with van der Waals surface area (Å²) < 4.78 is 10.9. The quantitative estimate of drug-likeness (QED) is 0.804. The molecule has 0 saturated heterocycles. The zero-order chi connectivity index (χ0) is 17.4. The van der Waals surface area contributed by atoms with Crippen LogP contribution in [-0.2, 0) is 9.53 Å². The smallest absolute Gasteiger partial charge is 0.227 e. The highest BCUT2D eigenvalue weighted by Gasteiger charge is 2.21. The van der Waals surface area contributed by atoms with Gasteiger partial charge in [-0.15, -0.1) is 0 Å². The van der Waals surface area contributed by atoms with Crippen molar-refractivity contribution in [2.45, 2.75) is 25.4 Å². The lowest BCUT2D eigenvalue weighted by Crippen LogP contribution is -2.33. The zero-order valence-electron chi connectivity index (χ0n) is 14.5. The van der Waals surface area contributed by atoms with Gasteiger partial charge in [0.15, 0.2) is 0 Å². The van der Waals surface area contributed by atoms with Crippen molar-refractivity contribution in [2.75, 3.05) is 20.8 Å². The standard InChI is InChI=1S/C20H25NO3/c1-4-16(15-10-6-5-7-11-15)20(22)21-14-19(24-3)17-12-8-9-13-18(17)23-2/h5-13,16,19H,4,14H2,1-3H3,(H,21,22)/t16-,19+/m0/s1. The van der Waals surface area contributed by atoms with Crippen LogP contribution in [0.5, 0.6) is 5.75 Å². The van der Waals surface area contributed by atoms with Gasteiger partial charge in [-0.25, -0.2) is 0 Å². The molecule has 2 aromatic rings. The molecule has 0 fully saturated rings. The third kappa shape index (κ3) is 4.36. The normalized spacial score (nSPS) is 13.1. The van der Waals surface area contributed by atoms with Crippen molar-refractivity contribution in [3.8, 4) is 5.75 Å². The van der Waals surface area contributed by atoms with Crippen LogP contribution in [0.4, 0.5) is 0 Å². The summed E-state index contributed by atoms with van der Waals surface area (Å²) in [6, 6.07) is 17.5. The largest absolute Gasteiger partial charge is 0.496 e. The first-order chi connectivity index (χ1) is 11.7. The number of rotatable bonds is 8. The van der Waals surface area contributed by atoms with Crippen LogP contribution in [0, 0.1) is 0 Å². The molecule has 128 valence electrons. The van der Waals surface area contributed by atoms with Crippen molar-refractivity contribution in [2.24, 2.45) is 0 Å². The highest BCUT2D eigenvalue weighted by Crippen LogP contribution is 2.27. The van der Waals surface area contributed by atoms with Gasteiger partial charge < -0.3 is 14.8 Å². The van der Waals surface area contributed by atoms with Gasteiger partial charge in [-0.05, 0) is 18.1 Å². The third-order valence-corrected chi connectivity index (χ3v) is 4.16. The van der Waals surface area contributed by atoms with Gasteiger partial charge in [-0.3, -0.25) is 4.79 Å². The minimum Gasteiger partial charge on any atom is -0.496 e. The molecular weight excluding hydrogens is 302 g/mol. The topological polar surface area (TPSA) is 47.6 Å². The molecule has 0 saturated carbocycles. The lowest BCUT2D eigenvalue weighted by atomic mass is 9.95. The number of methoxy groups -OCH3 is 2. The SMILES string of the molecule is CC[C@H](C(=O)NC[C@@H](OC)c1ccccc1OC)c1ccccc1. The van der Waals surface area contributed by atoms with Gasteiger partial charge in [0.25, 0.3) is 0 Å². The van der Waals surface area contributed by atoms with E-state index < -0.39 is 0 Å². The second kappa shape index (κ2) is 9.08. The Bertz CT molecular complexity index is 642. The number of hydrogen-bond acceptors (Lipinski definition) is 3. The minimum atomic E-state index is -0.252. The van der Waals surface area contributed by atoms with E-state index in [1.807, 2.05) is 61.5 Å². The summed E-state index contributed by atoms with van der Waals surface area (Å²) in [6.07, 6.45) is 0.501. The summed E-state index contributed by atoms with van der Waals surface area (Å²) >= 11 is 0. The Morgan fingerprint density at radius 3 is 2.33 bits per heavy atom. The molecule has 1 N–H and O–H groups in total. The molecule has 0 bridgehead atoms. The molecule has 0 unspecified atom stereocenters. The van der Waals surface area contributed by atoms with Crippen LogP contribution in [0.25, 0.3) is 0 Å². The van der Waals surface area contributed by atoms with Crippen LogP contribution in [-0.4, -0.2) is 26.7 Å². The molecule has 1 amide bonds. The number of carbonyl (C=O) groups is 1. The maximum atomic E-state index is 12.6. The van der Waals surface area contributed by atoms with Crippen molar-refractivity contribution < 1.29 is 14.3 Å². The third-order valence-electron chi connectivity index (χ3n) is 4.16. The Labute approximate surface area is 143 Å². The average molecular weight is 327 g/mol. The van der Waals surface area contributed by atoms with Gasteiger partial charge in [0.05, 0.1) is 13.0 Å². The summed E-state index contributed by atoms with van der Waals surface area (Å²) in [4.78, 5) is 12.6. The van der Waals surface area contributed by atoms with Crippen molar-refractivity contribution in [3.63, 3.8) is 0 Å². The van der Waals surface area contributed by atoms with E-state index in [9.17, 15) is 4.79 Å². The Hall–Kier alpha value is -2.33. The van der Waals surface area contributed by atoms with E-state index in [-0.39, 0.29) is 17.9 Å². The highest BCUT2D eigenvalue weighted by atomic mass is 16.5. The zero-order valence-corrected chi connectivity index (χ0v) is 14.5. The number of para-hydroxylation sites is 1. The second-order valence-corrected chi connectivity index (χ2v) is 5.58. The fourth-order valence-electron chi connectivity index (χ4n) is 2.83. The lowest BCUT2D eigenvalue weighted by Gasteiger charge is -2.21. The Balaban J connectivity index is 2.05. The van der Waals surface area contributed by atoms with E-state index in [0.717, 1.165) is 23.3 Å². The fourth-order valence-corrected chi connectivity index (χ4v) is 2.83. The molecule has 0 aliphatic heterocycles. The average Bonchev–Trinajstić information content (AvgIpc) is 2.64. The Kier molecular flexibility index (Phi) is 6.82. The Morgan fingerprint density at radius 2 is 1.71 bits per heavy atom. The monoisotopic (exact) mass is 327 g/mol. The van der Waals surface area contributed by atoms with Crippen LogP contribution in [0.15, 0.2) is 54.6 Å². The van der Waals surface area contributed by atoms with Crippen LogP contribution in [0.2, 0.25) is 0 Å². The molecule has 0 aliphatic carbocycles. The maximum absolute atomic E-state index is 12.6. The number of hydrogen-bond donors (Lipinski definition) is 1. The number of nitrogens with one attached hydrogen (secondary N) is 1. The van der Waals surface area contributed by atoms with Gasteiger partial charge in [-0.1, -0.05) is 55.5 Å². The van der Waals surface area contributed by atoms with Crippen LogP contribution < -0.4 is 10.1 Å². The molecule has 0 aliphatic rings. The van der Waals surface area contributed by atoms with Crippen LogP contribution >= 0.6 is 0 Å². The first kappa shape index (κ1) is 18.0. The number of ether oxygens (including phenoxy) is 2. The van der Waals surface area contributed by atoms with Crippen molar-refractivity contribution >= 4 is 5.91 Å². The molecular formula is C20H25NO3. The summed E-state index contributed by atoms with van der Waals surface area (Å²) in [7, 11) is 3.27. The molecule has 0 heterocycles. The van der Waals surface area contributed by atoms with Crippen LogP contribution in [0.3, 0.4) is 0 Å². The second-order valence-electron chi connectivity index (χ2n) is 5.58. The van der Waals surface area contributed by atoms with Crippen molar-refractivity contribution in [3.05, 3.63) is 65.7 Å². The number of carbonyl (C=O) groups excluding carboxylic acids is 1. The van der Waals surface area contributed by atoms with E-state index in [1.165, 1.54) is 0 Å². The molecule has 0 radical (unpaired) electrons. The summed E-state index contributed by atoms with van der Waals surface area (Å²) in [5.41, 5.74) is 1.96. The van der Waals surface area contributed by atoms with Gasteiger partial charge >= 0.3 is 0 Å². The highest BCUT2D eigenvalue weighted by molar-refractivity contribution is 5.83. The minimum absolute atomic E-state index is 0.0145. The molecule has 2 aromatic carbocycles. The van der Waals surface area contributed by atoms with Gasteiger partial charge in [-0.2, -0.15) is 0 Å². The molecule has 0 spiro atoms. The van der Waals surface area contributed by atoms with Gasteiger partial charge in [0, 0.05) is 19.2 Å². The number of amides is 1. The van der Waals surface area contributed by atoms with Gasteiger partial charge in [0.1, 0.15) is 11.9 Å². The first-order valence-corrected chi connectivity index (χ1v) is 8.19. The van der Waals surface area contributed by atoms with E-state index >= 15 is 0 Å². The lowest BCUT2D eigenvalue weighted by molar-refractivity contribution is -0.123. The fraction of sp³-hybridized carbons (Fsp3) is 0.350. The van der Waals surface area contributed by atoms with E-state index in [1.54, 1.807) is 14.2 Å². The molecule has 24 heavy (non-hydrogen) atoms. The molecule has 0 aromatic heterocycles. The molecule has 2 atom stereocenters. The predicted octanol–water partition coefficient (Wildman–Crippen LogP) is 3.69. The Morgan fingerprint density at radius 1 is 1.04 bits per heavy atom. The summed E-state index contributed by atoms with van der Waals surface area (Å²) in [5, 5.41) is 3.01. The van der Waals surface area contributed by atoms with E-state index in [4.69, 9.17) is 9.47 Å². The van der Waals surface area contributed by atoms with E-state index in [0.29, 0.717) is 6.54 Å². The van der Waals surface area contributed by atoms with Crippen LogP contribution in [0.1, 0.15) is 36.5 Å². The van der Waals surface area contributed by atoms with Crippen molar-refractivity contribution in [1.82, 2.24) is 5.32 Å². The van der Waals surface area contributed by atoms with E-state index in [2.05, 4.69) is 5.32 Å². The summed E-state index contributed by atoms with van der Waals surface area (Å²) in [6.45, 7) is 2.42. The van der Waals surface area contributed by atoms with Crippen molar-refractivity contribution in [1.29, 1.82) is 0 Å². The molecule has 4 heteroatoms. The molecule has 4 nitrogen and oxygen atoms in total. The predicted molar refractivity (Wildman–Crippen MR) is 95.2 cm³/mol. The molecule has 2 rings (SSSR count).